The lowest BCUT2D eigenvalue weighted by atomic mass is 10.2. The Bertz CT molecular complexity index is 662. The van der Waals surface area contributed by atoms with Crippen LogP contribution in [-0.4, -0.2) is 27.6 Å². The highest BCUT2D eigenvalue weighted by Crippen LogP contribution is 2.54. The maximum Gasteiger partial charge on any atom is 0.223 e. The van der Waals surface area contributed by atoms with Crippen LogP contribution in [0.4, 0.5) is 0 Å². The molecule has 114 valence electrons. The van der Waals surface area contributed by atoms with Crippen molar-refractivity contribution < 1.29 is 4.79 Å². The summed E-state index contributed by atoms with van der Waals surface area (Å²) in [6.45, 7) is 0.621. The molecule has 0 spiro atoms. The molecule has 2 N–H and O–H groups in total. The van der Waals surface area contributed by atoms with Crippen LogP contribution in [-0.2, 0) is 11.2 Å². The third-order valence-corrected chi connectivity index (χ3v) is 4.63. The average molecular weight is 296 g/mol. The highest BCUT2D eigenvalue weighted by molar-refractivity contribution is 5.81. The third kappa shape index (κ3) is 2.89. The van der Waals surface area contributed by atoms with Crippen molar-refractivity contribution in [3.05, 3.63) is 36.2 Å². The van der Waals surface area contributed by atoms with Gasteiger partial charge < -0.3 is 5.32 Å². The van der Waals surface area contributed by atoms with Gasteiger partial charge in [0.05, 0.1) is 0 Å². The van der Waals surface area contributed by atoms with Gasteiger partial charge in [-0.2, -0.15) is 5.10 Å². The van der Waals surface area contributed by atoms with E-state index >= 15 is 0 Å². The molecule has 2 saturated carbocycles. The van der Waals surface area contributed by atoms with Crippen molar-refractivity contribution in [2.24, 2.45) is 17.8 Å². The smallest absolute Gasteiger partial charge is 0.223 e. The maximum absolute atomic E-state index is 12.0. The van der Waals surface area contributed by atoms with Crippen molar-refractivity contribution in [2.45, 2.75) is 25.7 Å². The fourth-order valence-corrected chi connectivity index (χ4v) is 3.12. The van der Waals surface area contributed by atoms with Crippen LogP contribution >= 0.6 is 0 Å². The molecule has 2 fully saturated rings. The molecular formula is C17H20N4O. The zero-order chi connectivity index (χ0) is 14.9. The van der Waals surface area contributed by atoms with Crippen molar-refractivity contribution in [3.8, 4) is 11.4 Å². The molecule has 4 rings (SSSR count). The molecular weight excluding hydrogens is 276 g/mol. The molecule has 0 unspecified atom stereocenters. The predicted octanol–water partition coefficient (Wildman–Crippen LogP) is 2.18. The van der Waals surface area contributed by atoms with Crippen molar-refractivity contribution in [2.75, 3.05) is 6.54 Å². The molecule has 2 atom stereocenters. The topological polar surface area (TPSA) is 70.7 Å². The molecule has 2 aliphatic rings. The van der Waals surface area contributed by atoms with Gasteiger partial charge in [0, 0.05) is 24.4 Å². The van der Waals surface area contributed by atoms with Gasteiger partial charge in [-0.15, -0.1) is 0 Å². The highest BCUT2D eigenvalue weighted by Gasteiger charge is 2.50. The van der Waals surface area contributed by atoms with E-state index < -0.39 is 0 Å². The second kappa shape index (κ2) is 5.55. The normalized spacial score (nSPS) is 23.3. The Morgan fingerprint density at radius 2 is 2.09 bits per heavy atom. The van der Waals surface area contributed by atoms with Crippen molar-refractivity contribution in [1.29, 1.82) is 0 Å². The summed E-state index contributed by atoms with van der Waals surface area (Å²) in [5.74, 6) is 3.54. The van der Waals surface area contributed by atoms with Crippen molar-refractivity contribution in [1.82, 2.24) is 20.5 Å². The molecule has 0 radical (unpaired) electrons. The Labute approximate surface area is 129 Å². The van der Waals surface area contributed by atoms with Crippen LogP contribution in [0.25, 0.3) is 11.4 Å². The fraction of sp³-hybridized carbons (Fsp3) is 0.471. The average Bonchev–Trinajstić information content (AvgIpc) is 3.44. The van der Waals surface area contributed by atoms with Crippen molar-refractivity contribution in [3.63, 3.8) is 0 Å². The Kier molecular flexibility index (Phi) is 3.41. The van der Waals surface area contributed by atoms with Gasteiger partial charge in [-0.3, -0.25) is 9.89 Å². The van der Waals surface area contributed by atoms with Gasteiger partial charge in [0.1, 0.15) is 5.82 Å². The zero-order valence-electron chi connectivity index (χ0n) is 12.5. The Hall–Kier alpha value is -2.17. The summed E-state index contributed by atoms with van der Waals surface area (Å²) in [6.07, 6.45) is 4.44. The lowest BCUT2D eigenvalue weighted by molar-refractivity contribution is -0.122. The minimum atomic E-state index is 0.222. The molecule has 2 aromatic rings. The van der Waals surface area contributed by atoms with E-state index in [-0.39, 0.29) is 11.8 Å². The summed E-state index contributed by atoms with van der Waals surface area (Å²) >= 11 is 0. The number of carbonyl (C=O) groups excluding carboxylic acids is 1. The first-order valence-electron chi connectivity index (χ1n) is 8.05. The molecule has 1 amide bonds. The van der Waals surface area contributed by atoms with Crippen LogP contribution in [0.5, 0.6) is 0 Å². The lowest BCUT2D eigenvalue weighted by Gasteiger charge is -2.02. The Morgan fingerprint density at radius 1 is 1.27 bits per heavy atom. The standard InChI is InChI=1S/C17H20N4O/c22-17(14-10-13(14)11-6-7-11)18-9-8-15-19-16(21-20-15)12-4-2-1-3-5-12/h1-5,11,13-14H,6-10H2,(H,18,22)(H,19,20,21)/t13-,14+/m0/s1. The summed E-state index contributed by atoms with van der Waals surface area (Å²) in [5.41, 5.74) is 0.999. The monoisotopic (exact) mass is 296 g/mol. The number of aromatic amines is 1. The van der Waals surface area contributed by atoms with Gasteiger partial charge in [0.2, 0.25) is 5.91 Å². The lowest BCUT2D eigenvalue weighted by Crippen LogP contribution is -2.28. The minimum Gasteiger partial charge on any atom is -0.355 e. The molecule has 1 aromatic heterocycles. The van der Waals surface area contributed by atoms with E-state index in [9.17, 15) is 4.79 Å². The van der Waals surface area contributed by atoms with Gasteiger partial charge in [-0.1, -0.05) is 30.3 Å². The quantitative estimate of drug-likeness (QED) is 0.858. The first kappa shape index (κ1) is 13.5. The second-order valence-corrected chi connectivity index (χ2v) is 6.36. The second-order valence-electron chi connectivity index (χ2n) is 6.36. The van der Waals surface area contributed by atoms with E-state index in [4.69, 9.17) is 0 Å². The van der Waals surface area contributed by atoms with E-state index in [0.29, 0.717) is 24.7 Å². The first-order valence-corrected chi connectivity index (χ1v) is 8.05. The molecule has 1 aromatic carbocycles. The Morgan fingerprint density at radius 3 is 2.86 bits per heavy atom. The number of amides is 1. The highest BCUT2D eigenvalue weighted by atomic mass is 16.2. The summed E-state index contributed by atoms with van der Waals surface area (Å²) in [6, 6.07) is 9.88. The van der Waals surface area contributed by atoms with Crippen molar-refractivity contribution >= 4 is 5.91 Å². The van der Waals surface area contributed by atoms with Gasteiger partial charge in [0.25, 0.3) is 0 Å². The summed E-state index contributed by atoms with van der Waals surface area (Å²) in [7, 11) is 0. The van der Waals surface area contributed by atoms with Crippen LogP contribution in [0.2, 0.25) is 0 Å². The fourth-order valence-electron chi connectivity index (χ4n) is 3.12. The molecule has 2 aliphatic carbocycles. The third-order valence-electron chi connectivity index (χ3n) is 4.63. The molecule has 1 heterocycles. The molecule has 5 heteroatoms. The molecule has 0 bridgehead atoms. The largest absolute Gasteiger partial charge is 0.355 e. The van der Waals surface area contributed by atoms with E-state index in [1.807, 2.05) is 30.3 Å². The molecule has 0 saturated heterocycles. The van der Waals surface area contributed by atoms with E-state index in [1.54, 1.807) is 0 Å². The molecule has 0 aliphatic heterocycles. The number of carbonyl (C=O) groups is 1. The minimum absolute atomic E-state index is 0.222. The van der Waals surface area contributed by atoms with Gasteiger partial charge >= 0.3 is 0 Å². The molecule has 22 heavy (non-hydrogen) atoms. The summed E-state index contributed by atoms with van der Waals surface area (Å²) < 4.78 is 0. The maximum atomic E-state index is 12.0. The number of hydrogen-bond acceptors (Lipinski definition) is 3. The van der Waals surface area contributed by atoms with Gasteiger partial charge in [0.15, 0.2) is 5.82 Å². The van der Waals surface area contributed by atoms with Crippen LogP contribution in [0, 0.1) is 17.8 Å². The van der Waals surface area contributed by atoms with E-state index in [0.717, 1.165) is 23.7 Å². The number of nitrogens with zero attached hydrogens (tertiary/aromatic N) is 2. The van der Waals surface area contributed by atoms with Gasteiger partial charge in [-0.25, -0.2) is 4.98 Å². The number of rotatable bonds is 6. The van der Waals surface area contributed by atoms with Crippen LogP contribution in [0.1, 0.15) is 25.1 Å². The summed E-state index contributed by atoms with van der Waals surface area (Å²) in [5, 5.41) is 10.2. The molecule has 5 nitrogen and oxygen atoms in total. The number of H-pyrrole nitrogens is 1. The predicted molar refractivity (Wildman–Crippen MR) is 82.9 cm³/mol. The summed E-state index contributed by atoms with van der Waals surface area (Å²) in [4.78, 5) is 16.5. The number of aromatic nitrogens is 3. The number of nitrogens with one attached hydrogen (secondary N) is 2. The van der Waals surface area contributed by atoms with Crippen LogP contribution in [0.15, 0.2) is 30.3 Å². The van der Waals surface area contributed by atoms with E-state index in [1.165, 1.54) is 12.8 Å². The first-order chi connectivity index (χ1) is 10.8. The van der Waals surface area contributed by atoms with E-state index in [2.05, 4.69) is 20.5 Å². The van der Waals surface area contributed by atoms with Crippen LogP contribution < -0.4 is 5.32 Å². The zero-order valence-corrected chi connectivity index (χ0v) is 12.5. The van der Waals surface area contributed by atoms with Crippen LogP contribution in [0.3, 0.4) is 0 Å². The number of hydrogen-bond donors (Lipinski definition) is 2. The Balaban J connectivity index is 1.26. The number of benzene rings is 1. The SMILES string of the molecule is O=C(NCCc1nc(-c2ccccc2)n[nH]1)[C@@H]1C[C@H]1C1CC1. The van der Waals surface area contributed by atoms with Gasteiger partial charge in [-0.05, 0) is 31.1 Å².